The van der Waals surface area contributed by atoms with E-state index in [2.05, 4.69) is 9.97 Å². The summed E-state index contributed by atoms with van der Waals surface area (Å²) in [6.07, 6.45) is 2.27. The van der Waals surface area contributed by atoms with E-state index in [0.29, 0.717) is 30.8 Å². The number of aryl methyl sites for hydroxylation is 1. The Bertz CT molecular complexity index is 679. The maximum atomic E-state index is 12.4. The summed E-state index contributed by atoms with van der Waals surface area (Å²) >= 11 is 0. The molecule has 0 spiro atoms. The Morgan fingerprint density at radius 2 is 2.00 bits per heavy atom. The number of hydrogen-bond donors (Lipinski definition) is 1. The van der Waals surface area contributed by atoms with Gasteiger partial charge in [-0.3, -0.25) is 13.9 Å². The molecule has 0 aliphatic rings. The Labute approximate surface area is 110 Å². The molecular weight excluding hydrogens is 246 g/mol. The summed E-state index contributed by atoms with van der Waals surface area (Å²) < 4.78 is 2.83. The fourth-order valence-electron chi connectivity index (χ4n) is 2.03. The highest BCUT2D eigenvalue weighted by Crippen LogP contribution is 2.02. The third-order valence-electron chi connectivity index (χ3n) is 3.01. The second-order valence-corrected chi connectivity index (χ2v) is 4.80. The summed E-state index contributed by atoms with van der Waals surface area (Å²) in [4.78, 5) is 33.4. The molecule has 2 rings (SSSR count). The van der Waals surface area contributed by atoms with E-state index in [4.69, 9.17) is 0 Å². The number of imidazole rings is 1. The number of H-pyrrole nitrogens is 1. The van der Waals surface area contributed by atoms with E-state index in [1.54, 1.807) is 4.57 Å². The Morgan fingerprint density at radius 3 is 2.63 bits per heavy atom. The summed E-state index contributed by atoms with van der Waals surface area (Å²) in [5, 5.41) is 0. The molecule has 0 bridgehead atoms. The molecule has 0 amide bonds. The lowest BCUT2D eigenvalue weighted by Crippen LogP contribution is -2.42. The molecule has 19 heavy (non-hydrogen) atoms. The number of fused-ring (bicyclic) bond motifs is 1. The lowest BCUT2D eigenvalue weighted by Gasteiger charge is -2.13. The van der Waals surface area contributed by atoms with Crippen molar-refractivity contribution in [3.05, 3.63) is 27.2 Å². The second-order valence-electron chi connectivity index (χ2n) is 4.80. The van der Waals surface area contributed by atoms with Crippen LogP contribution in [-0.4, -0.2) is 44.6 Å². The van der Waals surface area contributed by atoms with Crippen LogP contribution in [0.4, 0.5) is 0 Å². The number of aromatic nitrogens is 4. The Morgan fingerprint density at radius 1 is 1.26 bits per heavy atom. The molecule has 104 valence electrons. The zero-order valence-electron chi connectivity index (χ0n) is 11.5. The first-order valence-corrected chi connectivity index (χ1v) is 6.37. The van der Waals surface area contributed by atoms with Crippen molar-refractivity contribution >= 4 is 11.2 Å². The Balaban J connectivity index is 2.62. The lowest BCUT2D eigenvalue weighted by molar-refractivity contribution is 0.373. The summed E-state index contributed by atoms with van der Waals surface area (Å²) in [6.45, 7) is 3.56. The topological polar surface area (TPSA) is 75.9 Å². The largest absolute Gasteiger partial charge is 0.339 e. The van der Waals surface area contributed by atoms with Gasteiger partial charge in [0.25, 0.3) is 5.56 Å². The standard InChI is InChI=1S/C12H19N5O2/c1-4-5-16-10-9(13-8-14-10)11(18)17(12(16)19)7-6-15(2)3/h8H,4-7H2,1-3H3,(H,13,14). The van der Waals surface area contributed by atoms with Gasteiger partial charge in [0.2, 0.25) is 0 Å². The molecule has 2 aromatic heterocycles. The van der Waals surface area contributed by atoms with Gasteiger partial charge in [-0.25, -0.2) is 9.78 Å². The number of nitrogens with one attached hydrogen (secondary N) is 1. The van der Waals surface area contributed by atoms with Crippen molar-refractivity contribution in [2.24, 2.45) is 0 Å². The Hall–Kier alpha value is -1.89. The summed E-state index contributed by atoms with van der Waals surface area (Å²) in [5.74, 6) is 0. The molecule has 0 atom stereocenters. The van der Waals surface area contributed by atoms with Crippen molar-refractivity contribution in [1.82, 2.24) is 24.0 Å². The molecule has 2 aromatic rings. The number of rotatable bonds is 5. The molecule has 7 heteroatoms. The summed E-state index contributed by atoms with van der Waals surface area (Å²) in [6, 6.07) is 0. The third kappa shape index (κ3) is 2.46. The van der Waals surface area contributed by atoms with Crippen LogP contribution in [0.15, 0.2) is 15.9 Å². The maximum Gasteiger partial charge on any atom is 0.332 e. The Kier molecular flexibility index (Phi) is 3.84. The van der Waals surface area contributed by atoms with E-state index < -0.39 is 0 Å². The van der Waals surface area contributed by atoms with Crippen LogP contribution < -0.4 is 11.2 Å². The maximum absolute atomic E-state index is 12.4. The van der Waals surface area contributed by atoms with Gasteiger partial charge in [-0.1, -0.05) is 6.92 Å². The van der Waals surface area contributed by atoms with E-state index in [0.717, 1.165) is 6.42 Å². The smallest absolute Gasteiger partial charge is 0.332 e. The van der Waals surface area contributed by atoms with Gasteiger partial charge in [0, 0.05) is 19.6 Å². The fourth-order valence-corrected chi connectivity index (χ4v) is 2.03. The van der Waals surface area contributed by atoms with Crippen molar-refractivity contribution in [3.63, 3.8) is 0 Å². The minimum absolute atomic E-state index is 0.284. The predicted octanol–water partition coefficient (Wildman–Crippen LogP) is -0.142. The van der Waals surface area contributed by atoms with Crippen LogP contribution in [0.25, 0.3) is 11.2 Å². The number of aromatic amines is 1. The zero-order chi connectivity index (χ0) is 14.0. The van der Waals surface area contributed by atoms with E-state index in [1.807, 2.05) is 25.9 Å². The first kappa shape index (κ1) is 13.5. The van der Waals surface area contributed by atoms with Crippen molar-refractivity contribution in [1.29, 1.82) is 0 Å². The minimum atomic E-state index is -0.299. The number of likely N-dealkylation sites (N-methyl/N-ethyl adjacent to an activating group) is 1. The van der Waals surface area contributed by atoms with E-state index in [-0.39, 0.29) is 11.2 Å². The van der Waals surface area contributed by atoms with Gasteiger partial charge in [-0.15, -0.1) is 0 Å². The van der Waals surface area contributed by atoms with Crippen LogP contribution in [0.5, 0.6) is 0 Å². The summed E-state index contributed by atoms with van der Waals surface area (Å²) in [5.41, 5.74) is 0.254. The molecule has 0 aliphatic carbocycles. The average Bonchev–Trinajstić information content (AvgIpc) is 2.83. The van der Waals surface area contributed by atoms with Gasteiger partial charge >= 0.3 is 5.69 Å². The van der Waals surface area contributed by atoms with Crippen molar-refractivity contribution in [3.8, 4) is 0 Å². The SMILES string of the molecule is CCCn1c(=O)n(CCN(C)C)c(=O)c2[nH]cnc21. The van der Waals surface area contributed by atoms with Gasteiger partial charge in [-0.05, 0) is 20.5 Å². The quantitative estimate of drug-likeness (QED) is 0.816. The predicted molar refractivity (Wildman–Crippen MR) is 73.5 cm³/mol. The van der Waals surface area contributed by atoms with Gasteiger partial charge in [-0.2, -0.15) is 0 Å². The van der Waals surface area contributed by atoms with Crippen LogP contribution in [0, 0.1) is 0 Å². The lowest BCUT2D eigenvalue weighted by atomic mass is 10.4. The molecule has 0 fully saturated rings. The van der Waals surface area contributed by atoms with Gasteiger partial charge < -0.3 is 9.88 Å². The molecule has 7 nitrogen and oxygen atoms in total. The molecule has 1 N–H and O–H groups in total. The first-order chi connectivity index (χ1) is 9.06. The number of hydrogen-bond acceptors (Lipinski definition) is 4. The molecule has 0 aliphatic heterocycles. The average molecular weight is 265 g/mol. The van der Waals surface area contributed by atoms with Crippen LogP contribution in [0.2, 0.25) is 0 Å². The molecule has 0 saturated carbocycles. The third-order valence-corrected chi connectivity index (χ3v) is 3.01. The molecule has 0 saturated heterocycles. The number of nitrogens with zero attached hydrogens (tertiary/aromatic N) is 4. The highest BCUT2D eigenvalue weighted by molar-refractivity contribution is 5.68. The van der Waals surface area contributed by atoms with Crippen LogP contribution in [-0.2, 0) is 13.1 Å². The van der Waals surface area contributed by atoms with Crippen LogP contribution in [0.3, 0.4) is 0 Å². The monoisotopic (exact) mass is 265 g/mol. The second kappa shape index (κ2) is 5.40. The van der Waals surface area contributed by atoms with Crippen molar-refractivity contribution in [2.45, 2.75) is 26.4 Å². The molecule has 0 aromatic carbocycles. The van der Waals surface area contributed by atoms with Gasteiger partial charge in [0.1, 0.15) is 5.52 Å². The van der Waals surface area contributed by atoms with Crippen LogP contribution in [0.1, 0.15) is 13.3 Å². The van der Waals surface area contributed by atoms with E-state index in [9.17, 15) is 9.59 Å². The molecular formula is C12H19N5O2. The highest BCUT2D eigenvalue weighted by atomic mass is 16.2. The van der Waals surface area contributed by atoms with Crippen molar-refractivity contribution < 1.29 is 0 Å². The highest BCUT2D eigenvalue weighted by Gasteiger charge is 2.14. The minimum Gasteiger partial charge on any atom is -0.339 e. The normalized spacial score (nSPS) is 11.6. The van der Waals surface area contributed by atoms with Crippen LogP contribution >= 0.6 is 0 Å². The van der Waals surface area contributed by atoms with E-state index >= 15 is 0 Å². The van der Waals surface area contributed by atoms with Gasteiger partial charge in [0.15, 0.2) is 5.65 Å². The zero-order valence-corrected chi connectivity index (χ0v) is 11.5. The van der Waals surface area contributed by atoms with Crippen molar-refractivity contribution in [2.75, 3.05) is 20.6 Å². The van der Waals surface area contributed by atoms with Gasteiger partial charge in [0.05, 0.1) is 6.33 Å². The molecule has 0 unspecified atom stereocenters. The molecule has 2 heterocycles. The molecule has 0 radical (unpaired) electrons. The first-order valence-electron chi connectivity index (χ1n) is 6.37. The summed E-state index contributed by atoms with van der Waals surface area (Å²) in [7, 11) is 3.81. The van der Waals surface area contributed by atoms with E-state index in [1.165, 1.54) is 10.9 Å². The fraction of sp³-hybridized carbons (Fsp3) is 0.583.